The number of phosphoric acid groups is 1. The maximum absolute atomic E-state index is 14.6. The monoisotopic (exact) mass is 752 g/mol. The molecule has 0 spiro atoms. The fourth-order valence-corrected chi connectivity index (χ4v) is 9.88. The normalized spacial score (nSPS) is 15.0. The Balaban J connectivity index is 1.66. The molecule has 1 heterocycles. The van der Waals surface area contributed by atoms with Gasteiger partial charge in [-0.3, -0.25) is 4.89 Å². The number of phosphoric ester groups is 1. The van der Waals surface area contributed by atoms with Crippen molar-refractivity contribution in [1.82, 2.24) is 0 Å². The Labute approximate surface area is 328 Å². The molecule has 0 radical (unpaired) electrons. The number of rotatable bonds is 14. The van der Waals surface area contributed by atoms with Gasteiger partial charge < -0.3 is 9.05 Å². The lowest BCUT2D eigenvalue weighted by Gasteiger charge is -2.23. The summed E-state index contributed by atoms with van der Waals surface area (Å²) in [5.74, 6) is 0.830. The summed E-state index contributed by atoms with van der Waals surface area (Å²) in [6.45, 7) is 13.4. The molecule has 0 aliphatic carbocycles. The van der Waals surface area contributed by atoms with Gasteiger partial charge in [-0.2, -0.15) is 0 Å². The zero-order valence-corrected chi connectivity index (χ0v) is 34.6. The Hall–Kier alpha value is -4.37. The quantitative estimate of drug-likeness (QED) is 0.113. The van der Waals surface area contributed by atoms with E-state index < -0.39 is 7.82 Å². The number of fused-ring (bicyclic) bond motifs is 7. The topological polar surface area (TPSA) is 55.8 Å². The average Bonchev–Trinajstić information content (AvgIpc) is 3.29. The van der Waals surface area contributed by atoms with Crippen molar-refractivity contribution in [3.63, 3.8) is 0 Å². The Morgan fingerprint density at radius 3 is 1.42 bits per heavy atom. The van der Waals surface area contributed by atoms with E-state index in [2.05, 4.69) is 114 Å². The third-order valence-corrected chi connectivity index (χ3v) is 12.0. The number of aryl methyl sites for hydroxylation is 6. The van der Waals surface area contributed by atoms with Gasteiger partial charge in [-0.05, 0) is 117 Å². The molecule has 4 nitrogen and oxygen atoms in total. The summed E-state index contributed by atoms with van der Waals surface area (Å²) < 4.78 is 27.6. The minimum Gasteiger partial charge on any atom is -0.394 e. The fourth-order valence-electron chi connectivity index (χ4n) is 9.00. The van der Waals surface area contributed by atoms with Gasteiger partial charge in [-0.1, -0.05) is 153 Å². The Morgan fingerprint density at radius 2 is 0.891 bits per heavy atom. The second-order valence-corrected chi connectivity index (χ2v) is 16.7. The van der Waals surface area contributed by atoms with Crippen LogP contribution in [0.5, 0.6) is 11.5 Å². The molecule has 6 aromatic rings. The highest BCUT2D eigenvalue weighted by Gasteiger charge is 2.38. The van der Waals surface area contributed by atoms with E-state index in [0.717, 1.165) is 132 Å². The lowest BCUT2D eigenvalue weighted by atomic mass is 9.82. The Morgan fingerprint density at radius 1 is 0.455 bits per heavy atom. The third-order valence-electron chi connectivity index (χ3n) is 11.1. The van der Waals surface area contributed by atoms with E-state index in [4.69, 9.17) is 9.05 Å². The van der Waals surface area contributed by atoms with Crippen molar-refractivity contribution < 1.29 is 18.5 Å². The first-order valence-electron chi connectivity index (χ1n) is 20.9. The van der Waals surface area contributed by atoms with Gasteiger partial charge >= 0.3 is 7.82 Å². The molecule has 0 fully saturated rings. The molecule has 1 unspecified atom stereocenters. The average molecular weight is 753 g/mol. The summed E-state index contributed by atoms with van der Waals surface area (Å²) in [6, 6.07) is 30.6. The zero-order chi connectivity index (χ0) is 38.7. The minimum absolute atomic E-state index is 0.412. The van der Waals surface area contributed by atoms with Gasteiger partial charge in [0.2, 0.25) is 0 Å². The molecule has 0 saturated carbocycles. The van der Waals surface area contributed by atoms with Crippen LogP contribution in [0.25, 0.3) is 54.9 Å². The second-order valence-electron chi connectivity index (χ2n) is 15.4. The summed E-state index contributed by atoms with van der Waals surface area (Å²) in [6.07, 6.45) is 11.9. The van der Waals surface area contributed by atoms with Crippen LogP contribution in [-0.4, -0.2) is 4.89 Å². The lowest BCUT2D eigenvalue weighted by molar-refractivity contribution is 0.295. The second kappa shape index (κ2) is 16.8. The highest BCUT2D eigenvalue weighted by atomic mass is 31.2. The van der Waals surface area contributed by atoms with Crippen molar-refractivity contribution in [3.05, 3.63) is 118 Å². The molecular weight excluding hydrogens is 696 g/mol. The zero-order valence-electron chi connectivity index (χ0n) is 33.7. The van der Waals surface area contributed by atoms with Gasteiger partial charge in [0.15, 0.2) is 0 Å². The van der Waals surface area contributed by atoms with Crippen molar-refractivity contribution >= 4 is 29.4 Å². The predicted molar refractivity (Wildman–Crippen MR) is 233 cm³/mol. The Kier molecular flexibility index (Phi) is 11.9. The van der Waals surface area contributed by atoms with Crippen LogP contribution in [0.2, 0.25) is 0 Å². The van der Waals surface area contributed by atoms with Crippen molar-refractivity contribution in [2.45, 2.75) is 119 Å². The van der Waals surface area contributed by atoms with E-state index in [1.54, 1.807) is 0 Å². The van der Waals surface area contributed by atoms with Crippen molar-refractivity contribution in [3.8, 4) is 44.9 Å². The summed E-state index contributed by atoms with van der Waals surface area (Å²) in [5.41, 5.74) is 13.3. The van der Waals surface area contributed by atoms with E-state index in [1.807, 2.05) is 12.1 Å². The first-order valence-corrected chi connectivity index (χ1v) is 22.4. The predicted octanol–water partition coefficient (Wildman–Crippen LogP) is 14.6. The summed E-state index contributed by atoms with van der Waals surface area (Å²) in [7, 11) is -4.70. The molecule has 1 aliphatic heterocycles. The molecule has 0 amide bonds. The molecule has 6 aromatic carbocycles. The van der Waals surface area contributed by atoms with E-state index in [1.165, 1.54) is 33.4 Å². The van der Waals surface area contributed by atoms with Crippen LogP contribution in [0.4, 0.5) is 0 Å². The van der Waals surface area contributed by atoms with Crippen LogP contribution in [0, 0.1) is 0 Å². The molecule has 286 valence electrons. The summed E-state index contributed by atoms with van der Waals surface area (Å²) >= 11 is 0. The molecule has 5 heteroatoms. The Bertz CT molecular complexity index is 2380. The number of hydrogen-bond acceptors (Lipinski definition) is 3. The first-order chi connectivity index (χ1) is 26.7. The van der Waals surface area contributed by atoms with Gasteiger partial charge in [0.25, 0.3) is 0 Å². The third kappa shape index (κ3) is 7.61. The largest absolute Gasteiger partial charge is 0.584 e. The molecule has 7 rings (SSSR count). The van der Waals surface area contributed by atoms with E-state index >= 15 is 0 Å². The molecule has 1 aliphatic rings. The summed E-state index contributed by atoms with van der Waals surface area (Å²) in [4.78, 5) is 11.9. The van der Waals surface area contributed by atoms with Gasteiger partial charge in [0.05, 0.1) is 0 Å². The van der Waals surface area contributed by atoms with Gasteiger partial charge in [-0.15, -0.1) is 0 Å². The molecule has 1 N–H and O–H groups in total. The van der Waals surface area contributed by atoms with Gasteiger partial charge in [-0.25, -0.2) is 4.57 Å². The highest BCUT2D eigenvalue weighted by molar-refractivity contribution is 7.48. The van der Waals surface area contributed by atoms with Crippen molar-refractivity contribution in [1.29, 1.82) is 0 Å². The van der Waals surface area contributed by atoms with Crippen LogP contribution < -0.4 is 9.05 Å². The first kappa shape index (κ1) is 38.9. The standard InChI is InChI=1S/C50H57O4P/c1-7-17-33-27-39(21-11-5)46(40(28-33)22-12-6)45-32-38-24-14-16-26-42(38)48-47-41-25-15-13-23-37(41)31-44(49(47)53-55(51,52)54-50(45)48)43-30-35(19-9-3)34(18-8-2)29-36(43)20-10-4/h13-16,23-32H,7-12,17-22H2,1-6H3,(H,51,52). The fraction of sp³-hybridized carbons (Fsp3) is 0.360. The maximum Gasteiger partial charge on any atom is 0.584 e. The minimum atomic E-state index is -4.70. The SMILES string of the molecule is CCCc1cc(CCC)c(-c2cc3ccccc3c3c2OP(=O)(O)Oc2c(-c4cc(CCC)c(CCC)cc4CCC)cc4ccccc4c2-3)c(CCC)c1. The summed E-state index contributed by atoms with van der Waals surface area (Å²) in [5, 5.41) is 4.03. The van der Waals surface area contributed by atoms with Crippen molar-refractivity contribution in [2.24, 2.45) is 0 Å². The number of hydrogen-bond donors (Lipinski definition) is 1. The van der Waals surface area contributed by atoms with Crippen LogP contribution >= 0.6 is 7.82 Å². The highest BCUT2D eigenvalue weighted by Crippen LogP contribution is 2.62. The molecule has 0 aromatic heterocycles. The molecular formula is C50H57O4P. The van der Waals surface area contributed by atoms with Crippen LogP contribution in [-0.2, 0) is 43.1 Å². The molecule has 55 heavy (non-hydrogen) atoms. The molecule has 1 atom stereocenters. The van der Waals surface area contributed by atoms with Gasteiger partial charge in [0, 0.05) is 22.3 Å². The van der Waals surface area contributed by atoms with Crippen LogP contribution in [0.3, 0.4) is 0 Å². The van der Waals surface area contributed by atoms with E-state index in [0.29, 0.717) is 11.5 Å². The van der Waals surface area contributed by atoms with Crippen LogP contribution in [0.1, 0.15) is 113 Å². The van der Waals surface area contributed by atoms with E-state index in [9.17, 15) is 9.46 Å². The van der Waals surface area contributed by atoms with Gasteiger partial charge in [0.1, 0.15) is 11.5 Å². The lowest BCUT2D eigenvalue weighted by Crippen LogP contribution is -2.04. The maximum atomic E-state index is 14.6. The van der Waals surface area contributed by atoms with Crippen molar-refractivity contribution in [2.75, 3.05) is 0 Å². The smallest absolute Gasteiger partial charge is 0.394 e. The number of benzene rings is 6. The molecule has 0 saturated heterocycles. The van der Waals surface area contributed by atoms with E-state index in [-0.39, 0.29) is 0 Å². The van der Waals surface area contributed by atoms with Crippen LogP contribution in [0.15, 0.2) is 84.9 Å². The molecule has 0 bridgehead atoms.